The first-order valence-corrected chi connectivity index (χ1v) is 7.90. The van der Waals surface area contributed by atoms with Gasteiger partial charge < -0.3 is 14.7 Å². The summed E-state index contributed by atoms with van der Waals surface area (Å²) in [5.41, 5.74) is -0.0345. The number of carbonyl (C=O) groups is 1. The van der Waals surface area contributed by atoms with Crippen molar-refractivity contribution in [3.63, 3.8) is 0 Å². The molecule has 0 aromatic heterocycles. The largest absolute Gasteiger partial charge is 0.478 e. The lowest BCUT2D eigenvalue weighted by Gasteiger charge is -2.29. The molecule has 1 saturated heterocycles. The van der Waals surface area contributed by atoms with Gasteiger partial charge in [-0.15, -0.1) is 0 Å². The SMILES string of the molecule is CN1CCOC(CS(=O)(=O)c2cccc(C(=O)O)c2)C1. The first-order valence-electron chi connectivity index (χ1n) is 6.25. The van der Waals surface area contributed by atoms with E-state index in [2.05, 4.69) is 0 Å². The molecule has 0 spiro atoms. The molecule has 20 heavy (non-hydrogen) atoms. The summed E-state index contributed by atoms with van der Waals surface area (Å²) in [7, 11) is -1.64. The Hall–Kier alpha value is -1.44. The molecule has 0 aliphatic carbocycles. The zero-order chi connectivity index (χ0) is 14.8. The molecule has 110 valence electrons. The summed E-state index contributed by atoms with van der Waals surface area (Å²) >= 11 is 0. The molecule has 1 aromatic rings. The van der Waals surface area contributed by atoms with Gasteiger partial charge in [0.1, 0.15) is 0 Å². The number of benzene rings is 1. The van der Waals surface area contributed by atoms with Crippen LogP contribution in [0.4, 0.5) is 0 Å². The van der Waals surface area contributed by atoms with Crippen LogP contribution in [0, 0.1) is 0 Å². The van der Waals surface area contributed by atoms with Crippen LogP contribution < -0.4 is 0 Å². The van der Waals surface area contributed by atoms with Gasteiger partial charge >= 0.3 is 5.97 Å². The van der Waals surface area contributed by atoms with Crippen molar-refractivity contribution in [1.82, 2.24) is 4.90 Å². The molecule has 1 heterocycles. The molecule has 1 N–H and O–H groups in total. The van der Waals surface area contributed by atoms with Gasteiger partial charge in [0.2, 0.25) is 0 Å². The fourth-order valence-corrected chi connectivity index (χ4v) is 3.61. The van der Waals surface area contributed by atoms with E-state index >= 15 is 0 Å². The number of ether oxygens (including phenoxy) is 1. The Labute approximate surface area is 117 Å². The number of morpholine rings is 1. The van der Waals surface area contributed by atoms with Crippen molar-refractivity contribution < 1.29 is 23.1 Å². The van der Waals surface area contributed by atoms with Crippen LogP contribution >= 0.6 is 0 Å². The summed E-state index contributed by atoms with van der Waals surface area (Å²) in [4.78, 5) is 12.9. The minimum atomic E-state index is -3.55. The zero-order valence-corrected chi connectivity index (χ0v) is 12.0. The number of carboxylic acids is 1. The number of sulfone groups is 1. The normalized spacial score (nSPS) is 20.8. The molecule has 6 nitrogen and oxygen atoms in total. The molecule has 1 atom stereocenters. The first kappa shape index (κ1) is 15.0. The maximum absolute atomic E-state index is 12.3. The summed E-state index contributed by atoms with van der Waals surface area (Å²) < 4.78 is 30.0. The minimum Gasteiger partial charge on any atom is -0.478 e. The smallest absolute Gasteiger partial charge is 0.335 e. The molecule has 1 fully saturated rings. The maximum Gasteiger partial charge on any atom is 0.335 e. The predicted octanol–water partition coefficient (Wildman–Crippen LogP) is 0.489. The Balaban J connectivity index is 2.17. The second-order valence-corrected chi connectivity index (χ2v) is 6.90. The van der Waals surface area contributed by atoms with E-state index in [1.165, 1.54) is 24.3 Å². The van der Waals surface area contributed by atoms with Crippen LogP contribution in [0.25, 0.3) is 0 Å². The van der Waals surface area contributed by atoms with Crippen LogP contribution in [-0.4, -0.2) is 63.0 Å². The average Bonchev–Trinajstić information content (AvgIpc) is 2.38. The number of hydrogen-bond donors (Lipinski definition) is 1. The third-order valence-corrected chi connectivity index (χ3v) is 4.97. The lowest BCUT2D eigenvalue weighted by atomic mass is 10.2. The summed E-state index contributed by atoms with van der Waals surface area (Å²) in [5, 5.41) is 8.90. The number of rotatable bonds is 4. The summed E-state index contributed by atoms with van der Waals surface area (Å²) in [6.07, 6.45) is -0.382. The maximum atomic E-state index is 12.3. The van der Waals surface area contributed by atoms with Gasteiger partial charge in [-0.25, -0.2) is 13.2 Å². The van der Waals surface area contributed by atoms with E-state index < -0.39 is 15.8 Å². The minimum absolute atomic E-state index is 0.0224. The number of hydrogen-bond acceptors (Lipinski definition) is 5. The van der Waals surface area contributed by atoms with Gasteiger partial charge in [0.25, 0.3) is 0 Å². The third-order valence-electron chi connectivity index (χ3n) is 3.19. The Morgan fingerprint density at radius 2 is 2.25 bits per heavy atom. The monoisotopic (exact) mass is 299 g/mol. The number of aromatic carboxylic acids is 1. The molecular weight excluding hydrogens is 282 g/mol. The molecule has 7 heteroatoms. The van der Waals surface area contributed by atoms with E-state index in [1.807, 2.05) is 11.9 Å². The second kappa shape index (κ2) is 5.90. The van der Waals surface area contributed by atoms with Crippen molar-refractivity contribution in [2.24, 2.45) is 0 Å². The molecule has 0 bridgehead atoms. The van der Waals surface area contributed by atoms with Crippen LogP contribution in [0.1, 0.15) is 10.4 Å². The molecule has 1 unspecified atom stereocenters. The second-order valence-electron chi connectivity index (χ2n) is 4.87. The van der Waals surface area contributed by atoms with E-state index in [4.69, 9.17) is 9.84 Å². The van der Waals surface area contributed by atoms with Gasteiger partial charge in [-0.2, -0.15) is 0 Å². The zero-order valence-electron chi connectivity index (χ0n) is 11.2. The molecular formula is C13H17NO5S. The van der Waals surface area contributed by atoms with Crippen molar-refractivity contribution in [2.45, 2.75) is 11.0 Å². The van der Waals surface area contributed by atoms with Crippen LogP contribution in [-0.2, 0) is 14.6 Å². The standard InChI is InChI=1S/C13H17NO5S/c1-14-5-6-19-11(8-14)9-20(17,18)12-4-2-3-10(7-12)13(15)16/h2-4,7,11H,5-6,8-9H2,1H3,(H,15,16). The van der Waals surface area contributed by atoms with Crippen molar-refractivity contribution in [1.29, 1.82) is 0 Å². The number of likely N-dealkylation sites (N-methyl/N-ethyl adjacent to an activating group) is 1. The van der Waals surface area contributed by atoms with Gasteiger partial charge in [-0.1, -0.05) is 6.07 Å². The summed E-state index contributed by atoms with van der Waals surface area (Å²) in [6.45, 7) is 1.84. The van der Waals surface area contributed by atoms with Crippen LogP contribution in [0.5, 0.6) is 0 Å². The first-order chi connectivity index (χ1) is 9.38. The van der Waals surface area contributed by atoms with Crippen molar-refractivity contribution in [3.8, 4) is 0 Å². The van der Waals surface area contributed by atoms with Crippen LogP contribution in [0.3, 0.4) is 0 Å². The molecule has 0 radical (unpaired) electrons. The van der Waals surface area contributed by atoms with Crippen LogP contribution in [0.15, 0.2) is 29.2 Å². The Morgan fingerprint density at radius 3 is 2.90 bits per heavy atom. The summed E-state index contributed by atoms with van der Waals surface area (Å²) in [5.74, 6) is -1.28. The predicted molar refractivity (Wildman–Crippen MR) is 72.7 cm³/mol. The summed E-state index contributed by atoms with van der Waals surface area (Å²) in [6, 6.07) is 5.40. The van der Waals surface area contributed by atoms with E-state index in [0.717, 1.165) is 6.54 Å². The van der Waals surface area contributed by atoms with Crippen molar-refractivity contribution >= 4 is 15.8 Å². The lowest BCUT2D eigenvalue weighted by molar-refractivity contribution is -0.00680. The van der Waals surface area contributed by atoms with Gasteiger partial charge in [0.15, 0.2) is 9.84 Å². The molecule has 2 rings (SSSR count). The molecule has 0 amide bonds. The van der Waals surface area contributed by atoms with Gasteiger partial charge in [-0.05, 0) is 25.2 Å². The fourth-order valence-electron chi connectivity index (χ4n) is 2.13. The average molecular weight is 299 g/mol. The quantitative estimate of drug-likeness (QED) is 0.871. The number of nitrogens with zero attached hydrogens (tertiary/aromatic N) is 1. The van der Waals surface area contributed by atoms with E-state index in [9.17, 15) is 13.2 Å². The van der Waals surface area contributed by atoms with Crippen LogP contribution in [0.2, 0.25) is 0 Å². The Morgan fingerprint density at radius 1 is 1.50 bits per heavy atom. The highest BCUT2D eigenvalue weighted by Crippen LogP contribution is 2.16. The highest BCUT2D eigenvalue weighted by atomic mass is 32.2. The van der Waals surface area contributed by atoms with Gasteiger partial charge in [0.05, 0.1) is 28.9 Å². The van der Waals surface area contributed by atoms with E-state index in [1.54, 1.807) is 0 Å². The fraction of sp³-hybridized carbons (Fsp3) is 0.462. The van der Waals surface area contributed by atoms with E-state index in [0.29, 0.717) is 13.2 Å². The lowest BCUT2D eigenvalue weighted by Crippen LogP contribution is -2.43. The topological polar surface area (TPSA) is 83.9 Å². The van der Waals surface area contributed by atoms with Gasteiger partial charge in [-0.3, -0.25) is 0 Å². The molecule has 1 aliphatic heterocycles. The molecule has 0 saturated carbocycles. The highest BCUT2D eigenvalue weighted by Gasteiger charge is 2.26. The van der Waals surface area contributed by atoms with Crippen molar-refractivity contribution in [3.05, 3.63) is 29.8 Å². The number of carboxylic acid groups (broad SMARTS) is 1. The molecule has 1 aliphatic rings. The highest BCUT2D eigenvalue weighted by molar-refractivity contribution is 7.91. The van der Waals surface area contributed by atoms with Crippen molar-refractivity contribution in [2.75, 3.05) is 32.5 Å². The molecule has 1 aromatic carbocycles. The Kier molecular flexibility index (Phi) is 4.42. The van der Waals surface area contributed by atoms with Gasteiger partial charge in [0, 0.05) is 13.1 Å². The Bertz CT molecular complexity index is 599. The third kappa shape index (κ3) is 3.56. The van der Waals surface area contributed by atoms with E-state index in [-0.39, 0.29) is 22.3 Å².